The topological polar surface area (TPSA) is 44.3 Å². The van der Waals surface area contributed by atoms with Crippen molar-refractivity contribution in [1.82, 2.24) is 4.72 Å². The quantitative estimate of drug-likeness (QED) is 0.496. The highest BCUT2D eigenvalue weighted by atomic mass is 32.2. The number of rotatable bonds is 6. The minimum Gasteiger partial charge on any atom is -0.598 e. The molecule has 0 saturated carbocycles. The van der Waals surface area contributed by atoms with Gasteiger partial charge in [0, 0.05) is 18.0 Å². The zero-order valence-corrected chi connectivity index (χ0v) is 20.5. The Balaban J connectivity index is 2.06. The Morgan fingerprint density at radius 2 is 1.81 bits per heavy atom. The Hall–Kier alpha value is -0.333. The van der Waals surface area contributed by atoms with Crippen molar-refractivity contribution in [1.29, 1.82) is 0 Å². The summed E-state index contributed by atoms with van der Waals surface area (Å²) in [5, 5.41) is 0.249. The molecule has 3 nitrogen and oxygen atoms in total. The third kappa shape index (κ3) is 5.60. The first-order valence-electron chi connectivity index (χ1n) is 10.1. The molecule has 154 valence electrons. The van der Waals surface area contributed by atoms with Gasteiger partial charge in [0.1, 0.15) is 4.75 Å². The molecule has 0 unspecified atom stereocenters. The zero-order valence-electron chi connectivity index (χ0n) is 18.7. The average Bonchev–Trinajstić information content (AvgIpc) is 2.93. The van der Waals surface area contributed by atoms with Crippen LogP contribution in [-0.4, -0.2) is 24.2 Å². The first kappa shape index (κ1) is 23.0. The second kappa shape index (κ2) is 8.19. The van der Waals surface area contributed by atoms with Gasteiger partial charge in [0.25, 0.3) is 0 Å². The molecule has 1 aliphatic carbocycles. The fraction of sp³-hybridized carbons (Fsp3) is 0.727. The molecule has 0 bridgehead atoms. The van der Waals surface area contributed by atoms with Crippen LogP contribution in [0.15, 0.2) is 18.2 Å². The van der Waals surface area contributed by atoms with Crippen molar-refractivity contribution in [3.8, 4) is 0 Å². The molecule has 5 heteroatoms. The van der Waals surface area contributed by atoms with Crippen LogP contribution in [0.25, 0.3) is 0 Å². The van der Waals surface area contributed by atoms with Gasteiger partial charge in [-0.25, -0.2) is 0 Å². The maximum absolute atomic E-state index is 12.5. The van der Waals surface area contributed by atoms with E-state index >= 15 is 0 Å². The van der Waals surface area contributed by atoms with Crippen LogP contribution in [0.1, 0.15) is 71.2 Å². The van der Waals surface area contributed by atoms with Crippen LogP contribution in [0.3, 0.4) is 0 Å². The molecule has 1 aliphatic rings. The van der Waals surface area contributed by atoms with Gasteiger partial charge in [-0.3, -0.25) is 0 Å². The fourth-order valence-corrected chi connectivity index (χ4v) is 5.12. The first-order valence-corrected chi connectivity index (χ1v) is 14.2. The van der Waals surface area contributed by atoms with Crippen LogP contribution in [0.2, 0.25) is 18.1 Å². The second-order valence-electron chi connectivity index (χ2n) is 10.6. The van der Waals surface area contributed by atoms with Gasteiger partial charge in [-0.2, -0.15) is 0 Å². The van der Waals surface area contributed by atoms with Crippen LogP contribution in [-0.2, 0) is 28.6 Å². The van der Waals surface area contributed by atoms with E-state index in [1.54, 1.807) is 0 Å². The molecular formula is C22H39NO2SSi. The predicted molar refractivity (Wildman–Crippen MR) is 120 cm³/mol. The number of benzene rings is 1. The van der Waals surface area contributed by atoms with Crippen molar-refractivity contribution in [3.05, 3.63) is 34.9 Å². The maximum atomic E-state index is 12.5. The molecule has 0 heterocycles. The standard InChI is InChI=1S/C22H39NO2SSi/c1-16(23-26(24)21(2,3)4)19-12-10-11-18-13-17(14-20(18)19)15-25-27(8,9)22(5,6)7/h10-12,16-17,23H,13-15H2,1-9H3/t16-,17-,26-/m1/s1. The lowest BCUT2D eigenvalue weighted by atomic mass is 9.98. The van der Waals surface area contributed by atoms with Gasteiger partial charge in [0.05, 0.1) is 6.04 Å². The van der Waals surface area contributed by atoms with E-state index in [1.165, 1.54) is 16.7 Å². The van der Waals surface area contributed by atoms with E-state index in [2.05, 4.69) is 63.7 Å². The largest absolute Gasteiger partial charge is 0.598 e. The molecule has 0 aliphatic heterocycles. The Morgan fingerprint density at radius 3 is 2.37 bits per heavy atom. The van der Waals surface area contributed by atoms with Gasteiger partial charge in [0.15, 0.2) is 8.32 Å². The molecule has 1 N–H and O–H groups in total. The lowest BCUT2D eigenvalue weighted by Gasteiger charge is -2.37. The Morgan fingerprint density at radius 1 is 1.19 bits per heavy atom. The average molecular weight is 410 g/mol. The van der Waals surface area contributed by atoms with Gasteiger partial charge in [0.2, 0.25) is 0 Å². The third-order valence-corrected chi connectivity index (χ3v) is 12.3. The smallest absolute Gasteiger partial charge is 0.191 e. The van der Waals surface area contributed by atoms with Gasteiger partial charge in [-0.1, -0.05) is 39.0 Å². The molecule has 27 heavy (non-hydrogen) atoms. The highest BCUT2D eigenvalue weighted by Gasteiger charge is 2.38. The summed E-state index contributed by atoms with van der Waals surface area (Å²) in [6.45, 7) is 20.5. The molecule has 0 aromatic heterocycles. The fourth-order valence-electron chi connectivity index (χ4n) is 3.23. The zero-order chi connectivity index (χ0) is 20.6. The van der Waals surface area contributed by atoms with E-state index in [0.29, 0.717) is 5.92 Å². The van der Waals surface area contributed by atoms with Crippen LogP contribution in [0, 0.1) is 5.92 Å². The Kier molecular flexibility index (Phi) is 6.96. The lowest BCUT2D eigenvalue weighted by molar-refractivity contribution is 0.232. The SMILES string of the molecule is C[C@@H](N[S@+]([O-])C(C)(C)C)c1cccc2c1C[C@H](CO[Si](C)(C)C(C)(C)C)C2. The summed E-state index contributed by atoms with van der Waals surface area (Å²) >= 11 is -1.07. The Bertz CT molecular complexity index is 649. The summed E-state index contributed by atoms with van der Waals surface area (Å²) in [6, 6.07) is 6.66. The highest BCUT2D eigenvalue weighted by Crippen LogP contribution is 2.38. The van der Waals surface area contributed by atoms with Crippen molar-refractivity contribution in [3.63, 3.8) is 0 Å². The minimum absolute atomic E-state index is 0.0834. The van der Waals surface area contributed by atoms with E-state index < -0.39 is 19.7 Å². The minimum atomic E-state index is -1.71. The molecule has 0 radical (unpaired) electrons. The third-order valence-electron chi connectivity index (χ3n) is 6.10. The van der Waals surface area contributed by atoms with E-state index in [4.69, 9.17) is 4.43 Å². The van der Waals surface area contributed by atoms with Crippen molar-refractivity contribution < 1.29 is 8.98 Å². The normalized spacial score (nSPS) is 20.4. The molecule has 2 rings (SSSR count). The number of hydrogen-bond donors (Lipinski definition) is 1. The number of nitrogens with one attached hydrogen (secondary N) is 1. The van der Waals surface area contributed by atoms with Crippen molar-refractivity contribution >= 4 is 19.7 Å². The number of fused-ring (bicyclic) bond motifs is 1. The highest BCUT2D eigenvalue weighted by molar-refractivity contribution is 7.90. The second-order valence-corrected chi connectivity index (χ2v) is 17.4. The van der Waals surface area contributed by atoms with Crippen LogP contribution in [0.5, 0.6) is 0 Å². The van der Waals surface area contributed by atoms with E-state index in [1.807, 2.05) is 20.8 Å². The van der Waals surface area contributed by atoms with Crippen LogP contribution in [0.4, 0.5) is 0 Å². The van der Waals surface area contributed by atoms with Crippen molar-refractivity contribution in [2.24, 2.45) is 5.92 Å². The summed E-state index contributed by atoms with van der Waals surface area (Å²) in [4.78, 5) is 0. The summed E-state index contributed by atoms with van der Waals surface area (Å²) in [7, 11) is -1.71. The molecule has 1 aromatic carbocycles. The van der Waals surface area contributed by atoms with Gasteiger partial charge >= 0.3 is 0 Å². The molecule has 0 spiro atoms. The van der Waals surface area contributed by atoms with Gasteiger partial charge in [-0.15, -0.1) is 4.72 Å². The number of hydrogen-bond acceptors (Lipinski definition) is 3. The molecule has 0 fully saturated rings. The van der Waals surface area contributed by atoms with Gasteiger partial charge in [-0.05, 0) is 81.3 Å². The van der Waals surface area contributed by atoms with Crippen LogP contribution < -0.4 is 4.72 Å². The molecule has 1 aromatic rings. The Labute approximate surface area is 171 Å². The van der Waals surface area contributed by atoms with Crippen molar-refractivity contribution in [2.45, 2.75) is 90.2 Å². The van der Waals surface area contributed by atoms with Crippen LogP contribution >= 0.6 is 0 Å². The molecule has 0 saturated heterocycles. The molecular weight excluding hydrogens is 370 g/mol. The first-order chi connectivity index (χ1) is 12.2. The summed E-state index contributed by atoms with van der Waals surface area (Å²) in [6.07, 6.45) is 2.15. The summed E-state index contributed by atoms with van der Waals surface area (Å²) < 4.78 is 22.0. The van der Waals surface area contributed by atoms with Crippen molar-refractivity contribution in [2.75, 3.05) is 6.61 Å². The summed E-state index contributed by atoms with van der Waals surface area (Å²) in [5.74, 6) is 0.551. The molecule has 3 atom stereocenters. The molecule has 0 amide bonds. The maximum Gasteiger partial charge on any atom is 0.191 e. The lowest BCUT2D eigenvalue weighted by Crippen LogP contribution is -2.42. The van der Waals surface area contributed by atoms with E-state index in [-0.39, 0.29) is 15.8 Å². The van der Waals surface area contributed by atoms with Gasteiger partial charge < -0.3 is 8.98 Å². The predicted octanol–water partition coefficient (Wildman–Crippen LogP) is 5.54. The van der Waals surface area contributed by atoms with E-state index in [0.717, 1.165) is 19.4 Å². The van der Waals surface area contributed by atoms with E-state index in [9.17, 15) is 4.55 Å². The summed E-state index contributed by atoms with van der Waals surface area (Å²) in [5.41, 5.74) is 4.17. The monoisotopic (exact) mass is 409 g/mol.